The molecule has 23 heavy (non-hydrogen) atoms. The molecule has 1 aromatic rings. The smallest absolute Gasteiger partial charge is 0.225 e. The highest BCUT2D eigenvalue weighted by molar-refractivity contribution is 5.89. The van der Waals surface area contributed by atoms with Crippen molar-refractivity contribution in [3.05, 3.63) is 30.3 Å². The predicted molar refractivity (Wildman–Crippen MR) is 90.2 cm³/mol. The zero-order valence-electron chi connectivity index (χ0n) is 13.9. The van der Waals surface area contributed by atoms with Gasteiger partial charge in [-0.3, -0.25) is 9.59 Å². The number of carbonyl (C=O) groups excluding carboxylic acids is 2. The summed E-state index contributed by atoms with van der Waals surface area (Å²) in [5.41, 5.74) is 1.13. The van der Waals surface area contributed by atoms with Crippen molar-refractivity contribution < 1.29 is 9.59 Å². The summed E-state index contributed by atoms with van der Waals surface area (Å²) in [7, 11) is 2.03. The van der Waals surface area contributed by atoms with Gasteiger partial charge in [-0.1, -0.05) is 18.2 Å². The molecule has 0 unspecified atom stereocenters. The molecule has 1 aliphatic heterocycles. The van der Waals surface area contributed by atoms with E-state index in [4.69, 9.17) is 0 Å². The molecule has 5 nitrogen and oxygen atoms in total. The lowest BCUT2D eigenvalue weighted by molar-refractivity contribution is -0.129. The van der Waals surface area contributed by atoms with Crippen LogP contribution in [0.25, 0.3) is 0 Å². The van der Waals surface area contributed by atoms with Crippen molar-refractivity contribution in [3.63, 3.8) is 0 Å². The molecule has 2 fully saturated rings. The standard InChI is InChI=1S/C18H25N3O2/c1-13(20(2)15-6-4-3-5-7-15)11-19-18(23)14-10-17(22)21(12-14)16-8-9-16/h3-7,13-14,16H,8-12H2,1-2H3,(H,19,23)/t13-,14+/m0/s1. The van der Waals surface area contributed by atoms with Crippen LogP contribution < -0.4 is 10.2 Å². The second-order valence-corrected chi connectivity index (χ2v) is 6.72. The predicted octanol–water partition coefficient (Wildman–Crippen LogP) is 1.64. The fourth-order valence-corrected chi connectivity index (χ4v) is 3.09. The number of nitrogens with zero attached hydrogens (tertiary/aromatic N) is 2. The van der Waals surface area contributed by atoms with Gasteiger partial charge in [-0.2, -0.15) is 0 Å². The second kappa shape index (κ2) is 6.60. The normalized spacial score (nSPS) is 22.1. The Hall–Kier alpha value is -2.04. The van der Waals surface area contributed by atoms with E-state index < -0.39 is 0 Å². The Kier molecular flexibility index (Phi) is 4.55. The first-order chi connectivity index (χ1) is 11.1. The van der Waals surface area contributed by atoms with Gasteiger partial charge in [0.15, 0.2) is 0 Å². The summed E-state index contributed by atoms with van der Waals surface area (Å²) in [4.78, 5) is 28.3. The molecule has 1 aromatic carbocycles. The first-order valence-corrected chi connectivity index (χ1v) is 8.41. The number of benzene rings is 1. The van der Waals surface area contributed by atoms with E-state index in [9.17, 15) is 9.59 Å². The van der Waals surface area contributed by atoms with Gasteiger partial charge in [0.25, 0.3) is 0 Å². The van der Waals surface area contributed by atoms with Crippen molar-refractivity contribution in [2.45, 2.75) is 38.3 Å². The Balaban J connectivity index is 1.48. The summed E-state index contributed by atoms with van der Waals surface area (Å²) in [6, 6.07) is 10.7. The largest absolute Gasteiger partial charge is 0.370 e. The van der Waals surface area contributed by atoms with Crippen LogP contribution in [0.3, 0.4) is 0 Å². The molecular formula is C18H25N3O2. The van der Waals surface area contributed by atoms with Crippen LogP contribution in [0.1, 0.15) is 26.2 Å². The van der Waals surface area contributed by atoms with E-state index in [2.05, 4.69) is 29.3 Å². The average Bonchev–Trinajstić information content (AvgIpc) is 3.34. The summed E-state index contributed by atoms with van der Waals surface area (Å²) in [5.74, 6) is -0.0331. The van der Waals surface area contributed by atoms with Crippen molar-refractivity contribution >= 4 is 17.5 Å². The van der Waals surface area contributed by atoms with Crippen molar-refractivity contribution in [2.75, 3.05) is 25.0 Å². The highest BCUT2D eigenvalue weighted by Crippen LogP contribution is 2.32. The van der Waals surface area contributed by atoms with Crippen LogP contribution >= 0.6 is 0 Å². The van der Waals surface area contributed by atoms with Gasteiger partial charge < -0.3 is 15.1 Å². The minimum atomic E-state index is -0.183. The Morgan fingerprint density at radius 3 is 2.70 bits per heavy atom. The van der Waals surface area contributed by atoms with Gasteiger partial charge in [0, 0.05) is 44.3 Å². The molecule has 2 atom stereocenters. The SMILES string of the molecule is C[C@@H](CNC(=O)[C@@H]1CC(=O)N(C2CC2)C1)N(C)c1ccccc1. The molecular weight excluding hydrogens is 290 g/mol. The lowest BCUT2D eigenvalue weighted by atomic mass is 10.1. The number of hydrogen-bond donors (Lipinski definition) is 1. The van der Waals surface area contributed by atoms with E-state index in [1.54, 1.807) is 0 Å². The van der Waals surface area contributed by atoms with E-state index >= 15 is 0 Å². The minimum absolute atomic E-state index is 0.00908. The van der Waals surface area contributed by atoms with Gasteiger partial charge in [0.1, 0.15) is 0 Å². The van der Waals surface area contributed by atoms with Gasteiger partial charge >= 0.3 is 0 Å². The van der Waals surface area contributed by atoms with Gasteiger partial charge in [-0.15, -0.1) is 0 Å². The molecule has 1 aliphatic carbocycles. The molecule has 1 heterocycles. The van der Waals surface area contributed by atoms with E-state index in [-0.39, 0.29) is 23.8 Å². The number of likely N-dealkylation sites (tertiary alicyclic amines) is 1. The van der Waals surface area contributed by atoms with E-state index in [0.717, 1.165) is 18.5 Å². The Bertz CT molecular complexity index is 571. The third-order valence-electron chi connectivity index (χ3n) is 4.91. The van der Waals surface area contributed by atoms with E-state index in [0.29, 0.717) is 25.6 Å². The minimum Gasteiger partial charge on any atom is -0.370 e. The number of carbonyl (C=O) groups is 2. The molecule has 0 aromatic heterocycles. The van der Waals surface area contributed by atoms with Crippen LogP contribution in [0.5, 0.6) is 0 Å². The number of para-hydroxylation sites is 1. The summed E-state index contributed by atoms with van der Waals surface area (Å²) < 4.78 is 0. The molecule has 3 rings (SSSR count). The molecule has 0 radical (unpaired) electrons. The molecule has 1 saturated carbocycles. The quantitative estimate of drug-likeness (QED) is 0.868. The highest BCUT2D eigenvalue weighted by Gasteiger charge is 2.41. The molecule has 2 aliphatic rings. The van der Waals surface area contributed by atoms with Crippen molar-refractivity contribution in [2.24, 2.45) is 5.92 Å². The number of nitrogens with one attached hydrogen (secondary N) is 1. The molecule has 124 valence electrons. The topological polar surface area (TPSA) is 52.7 Å². The lowest BCUT2D eigenvalue weighted by Gasteiger charge is -2.27. The van der Waals surface area contributed by atoms with E-state index in [1.807, 2.05) is 30.1 Å². The number of rotatable bonds is 6. The third kappa shape index (κ3) is 3.66. The van der Waals surface area contributed by atoms with Crippen LogP contribution in [-0.4, -0.2) is 48.9 Å². The van der Waals surface area contributed by atoms with Gasteiger partial charge in [0.2, 0.25) is 11.8 Å². The maximum absolute atomic E-state index is 12.3. The number of hydrogen-bond acceptors (Lipinski definition) is 3. The molecule has 2 amide bonds. The summed E-state index contributed by atoms with van der Waals surface area (Å²) in [5, 5.41) is 3.02. The highest BCUT2D eigenvalue weighted by atomic mass is 16.2. The number of amides is 2. The summed E-state index contributed by atoms with van der Waals surface area (Å²) in [6.07, 6.45) is 2.56. The van der Waals surface area contributed by atoms with Crippen LogP contribution in [0.2, 0.25) is 0 Å². The van der Waals surface area contributed by atoms with Crippen molar-refractivity contribution in [3.8, 4) is 0 Å². The molecule has 1 saturated heterocycles. The monoisotopic (exact) mass is 315 g/mol. The number of anilines is 1. The second-order valence-electron chi connectivity index (χ2n) is 6.72. The van der Waals surface area contributed by atoms with Crippen molar-refractivity contribution in [1.29, 1.82) is 0 Å². The zero-order valence-corrected chi connectivity index (χ0v) is 13.9. The first kappa shape index (κ1) is 15.8. The lowest BCUT2D eigenvalue weighted by Crippen LogP contribution is -2.42. The molecule has 1 N–H and O–H groups in total. The average molecular weight is 315 g/mol. The Morgan fingerprint density at radius 1 is 1.35 bits per heavy atom. The molecule has 0 spiro atoms. The van der Waals surface area contributed by atoms with Crippen molar-refractivity contribution in [1.82, 2.24) is 10.2 Å². The fourth-order valence-electron chi connectivity index (χ4n) is 3.09. The molecule has 0 bridgehead atoms. The van der Waals surface area contributed by atoms with Crippen LogP contribution in [-0.2, 0) is 9.59 Å². The third-order valence-corrected chi connectivity index (χ3v) is 4.91. The van der Waals surface area contributed by atoms with E-state index in [1.165, 1.54) is 0 Å². The van der Waals surface area contributed by atoms with Crippen LogP contribution in [0.15, 0.2) is 30.3 Å². The van der Waals surface area contributed by atoms with Gasteiger partial charge in [0.05, 0.1) is 5.92 Å². The van der Waals surface area contributed by atoms with Crippen LogP contribution in [0.4, 0.5) is 5.69 Å². The van der Waals surface area contributed by atoms with Crippen LogP contribution in [0, 0.1) is 5.92 Å². The molecule has 5 heteroatoms. The summed E-state index contributed by atoms with van der Waals surface area (Å²) >= 11 is 0. The zero-order chi connectivity index (χ0) is 16.4. The first-order valence-electron chi connectivity index (χ1n) is 8.41. The van der Waals surface area contributed by atoms with Gasteiger partial charge in [-0.05, 0) is 31.9 Å². The number of likely N-dealkylation sites (N-methyl/N-ethyl adjacent to an activating group) is 1. The fraction of sp³-hybridized carbons (Fsp3) is 0.556. The Labute approximate surface area is 137 Å². The maximum atomic E-state index is 12.3. The van der Waals surface area contributed by atoms with Gasteiger partial charge in [-0.25, -0.2) is 0 Å². The maximum Gasteiger partial charge on any atom is 0.225 e. The Morgan fingerprint density at radius 2 is 2.04 bits per heavy atom. The summed E-state index contributed by atoms with van der Waals surface area (Å²) in [6.45, 7) is 3.26.